The Morgan fingerprint density at radius 1 is 0.805 bits per heavy atom. The lowest BCUT2D eigenvalue weighted by Gasteiger charge is -2.32. The summed E-state index contributed by atoms with van der Waals surface area (Å²) < 4.78 is 23.6. The highest BCUT2D eigenvalue weighted by atomic mass is 32.2. The summed E-state index contributed by atoms with van der Waals surface area (Å²) in [5, 5.41) is 6.30. The maximum Gasteiger partial charge on any atom is 0.257 e. The zero-order valence-corrected chi connectivity index (χ0v) is 23.6. The van der Waals surface area contributed by atoms with Crippen molar-refractivity contribution in [1.82, 2.24) is 4.90 Å². The number of sulfone groups is 1. The maximum atomic E-state index is 13.4. The number of hydrogen-bond donors (Lipinski definition) is 2. The predicted octanol–water partition coefficient (Wildman–Crippen LogP) is 6.16. The molecule has 0 bridgehead atoms. The Kier molecular flexibility index (Phi) is 7.09. The number of carbonyl (C=O) groups excluding carboxylic acids is 2. The first-order chi connectivity index (χ1) is 19.7. The molecule has 8 heteroatoms. The minimum Gasteiger partial charge on any atom is -0.353 e. The van der Waals surface area contributed by atoms with Crippen molar-refractivity contribution >= 4 is 38.7 Å². The van der Waals surface area contributed by atoms with Gasteiger partial charge in [0, 0.05) is 24.9 Å². The molecule has 1 fully saturated rings. The number of rotatable bonds is 5. The van der Waals surface area contributed by atoms with Crippen LogP contribution < -0.4 is 10.6 Å². The number of fused-ring (bicyclic) bond motifs is 2. The number of hydrogen-bond acceptors (Lipinski definition) is 5. The van der Waals surface area contributed by atoms with Crippen LogP contribution in [-0.4, -0.2) is 44.5 Å². The molecule has 6 rings (SSSR count). The zero-order valence-electron chi connectivity index (χ0n) is 22.8. The van der Waals surface area contributed by atoms with Crippen LogP contribution >= 0.6 is 0 Å². The Balaban J connectivity index is 1.16. The van der Waals surface area contributed by atoms with Gasteiger partial charge in [0.25, 0.3) is 11.8 Å². The van der Waals surface area contributed by atoms with Crippen molar-refractivity contribution in [1.29, 1.82) is 0 Å². The van der Waals surface area contributed by atoms with Gasteiger partial charge in [0.2, 0.25) is 0 Å². The smallest absolute Gasteiger partial charge is 0.257 e. The fraction of sp³-hybridized carbons (Fsp3) is 0.212. The Bertz CT molecular complexity index is 1730. The molecule has 2 heterocycles. The lowest BCUT2D eigenvalue weighted by molar-refractivity contribution is 0.0690. The third-order valence-corrected chi connectivity index (χ3v) is 9.06. The fourth-order valence-electron chi connectivity index (χ4n) is 5.61. The highest BCUT2D eigenvalue weighted by Gasteiger charge is 2.26. The first-order valence-electron chi connectivity index (χ1n) is 13.7. The van der Waals surface area contributed by atoms with Gasteiger partial charge in [-0.2, -0.15) is 0 Å². The van der Waals surface area contributed by atoms with E-state index in [0.717, 1.165) is 43.5 Å². The van der Waals surface area contributed by atoms with Gasteiger partial charge in [-0.05, 0) is 84.3 Å². The Morgan fingerprint density at radius 2 is 1.49 bits per heavy atom. The molecular formula is C33H31N3O4S. The summed E-state index contributed by atoms with van der Waals surface area (Å²) in [5.74, 6) is 0.256. The molecule has 7 nitrogen and oxygen atoms in total. The topological polar surface area (TPSA) is 95.6 Å². The normalized spacial score (nSPS) is 15.2. The van der Waals surface area contributed by atoms with Crippen molar-refractivity contribution in [2.45, 2.75) is 24.2 Å². The molecule has 4 aromatic rings. The first-order valence-corrected chi connectivity index (χ1v) is 15.6. The van der Waals surface area contributed by atoms with Gasteiger partial charge >= 0.3 is 0 Å². The second kappa shape index (κ2) is 10.9. The molecule has 208 valence electrons. The highest BCUT2D eigenvalue weighted by Crippen LogP contribution is 2.35. The minimum atomic E-state index is -3.29. The quantitative estimate of drug-likeness (QED) is 0.302. The number of carbonyl (C=O) groups is 2. The van der Waals surface area contributed by atoms with Crippen LogP contribution in [0.15, 0.2) is 95.9 Å². The molecule has 0 saturated carbocycles. The van der Waals surface area contributed by atoms with E-state index in [4.69, 9.17) is 0 Å². The summed E-state index contributed by atoms with van der Waals surface area (Å²) >= 11 is 0. The second-order valence-corrected chi connectivity index (χ2v) is 12.8. The zero-order chi connectivity index (χ0) is 28.6. The molecule has 2 amide bonds. The SMILES string of the molecule is CS(=O)(=O)c1ccc(-c2ccc3c(c2)C(=O)Nc2cc(C(=O)N4CCC(Cc5ccccc5)CC4)ccc2N3)cc1. The van der Waals surface area contributed by atoms with Crippen LogP contribution in [0.5, 0.6) is 0 Å². The number of amides is 2. The number of piperidine rings is 1. The molecule has 2 N–H and O–H groups in total. The largest absolute Gasteiger partial charge is 0.353 e. The van der Waals surface area contributed by atoms with Gasteiger partial charge in [-0.25, -0.2) is 8.42 Å². The first kappa shape index (κ1) is 26.8. The molecule has 4 aromatic carbocycles. The van der Waals surface area contributed by atoms with Crippen LogP contribution in [-0.2, 0) is 16.3 Å². The van der Waals surface area contributed by atoms with E-state index < -0.39 is 9.84 Å². The van der Waals surface area contributed by atoms with Crippen LogP contribution in [0.4, 0.5) is 17.1 Å². The Morgan fingerprint density at radius 3 is 2.20 bits per heavy atom. The van der Waals surface area contributed by atoms with E-state index in [1.165, 1.54) is 11.8 Å². The number of nitrogens with zero attached hydrogens (tertiary/aromatic N) is 1. The average Bonchev–Trinajstić information content (AvgIpc) is 3.12. The van der Waals surface area contributed by atoms with Crippen LogP contribution in [0.3, 0.4) is 0 Å². The lowest BCUT2D eigenvalue weighted by Crippen LogP contribution is -2.38. The van der Waals surface area contributed by atoms with Crippen LogP contribution in [0.25, 0.3) is 11.1 Å². The standard InChI is InChI=1S/C33H31N3O4S/c1-41(39,40)27-11-7-24(8-12-27)25-9-13-29-28(20-25)32(37)35-31-21-26(10-14-30(31)34-29)33(38)36-17-15-23(16-18-36)19-22-5-3-2-4-6-22/h2-14,20-21,23,34H,15-19H2,1H3,(H,35,37). The van der Waals surface area contributed by atoms with Gasteiger partial charge in [-0.1, -0.05) is 48.5 Å². The summed E-state index contributed by atoms with van der Waals surface area (Å²) in [6.45, 7) is 1.44. The van der Waals surface area contributed by atoms with E-state index in [1.54, 1.807) is 42.5 Å². The molecule has 0 atom stereocenters. The van der Waals surface area contributed by atoms with Crippen LogP contribution in [0, 0.1) is 5.92 Å². The molecular weight excluding hydrogens is 534 g/mol. The minimum absolute atomic E-state index is 0.0261. The van der Waals surface area contributed by atoms with E-state index in [9.17, 15) is 18.0 Å². The van der Waals surface area contributed by atoms with E-state index in [2.05, 4.69) is 34.9 Å². The summed E-state index contributed by atoms with van der Waals surface area (Å²) in [6, 6.07) is 28.0. The summed E-state index contributed by atoms with van der Waals surface area (Å²) in [6.07, 6.45) is 4.15. The van der Waals surface area contributed by atoms with Gasteiger partial charge in [0.15, 0.2) is 9.84 Å². The fourth-order valence-corrected chi connectivity index (χ4v) is 6.24. The lowest BCUT2D eigenvalue weighted by atomic mass is 9.90. The van der Waals surface area contributed by atoms with Crippen molar-refractivity contribution in [3.05, 3.63) is 108 Å². The van der Waals surface area contributed by atoms with E-state index in [0.29, 0.717) is 34.1 Å². The average molecular weight is 566 g/mol. The van der Waals surface area contributed by atoms with E-state index in [-0.39, 0.29) is 16.7 Å². The van der Waals surface area contributed by atoms with E-state index >= 15 is 0 Å². The molecule has 0 spiro atoms. The number of benzene rings is 4. The number of nitrogens with one attached hydrogen (secondary N) is 2. The highest BCUT2D eigenvalue weighted by molar-refractivity contribution is 7.90. The summed E-state index contributed by atoms with van der Waals surface area (Å²) in [4.78, 5) is 28.8. The molecule has 0 aromatic heterocycles. The predicted molar refractivity (Wildman–Crippen MR) is 161 cm³/mol. The van der Waals surface area contributed by atoms with Gasteiger partial charge in [0.05, 0.1) is 27.5 Å². The van der Waals surface area contributed by atoms with Crippen molar-refractivity contribution in [3.63, 3.8) is 0 Å². The Labute approximate surface area is 240 Å². The molecule has 1 saturated heterocycles. The number of anilines is 3. The molecule has 41 heavy (non-hydrogen) atoms. The maximum absolute atomic E-state index is 13.4. The molecule has 0 aliphatic carbocycles. The molecule has 2 aliphatic rings. The summed E-state index contributed by atoms with van der Waals surface area (Å²) in [5.41, 5.74) is 5.84. The van der Waals surface area contributed by atoms with Gasteiger partial charge in [0.1, 0.15) is 0 Å². The van der Waals surface area contributed by atoms with Gasteiger partial charge in [-0.3, -0.25) is 9.59 Å². The second-order valence-electron chi connectivity index (χ2n) is 10.8. The molecule has 2 aliphatic heterocycles. The Hall–Kier alpha value is -4.43. The van der Waals surface area contributed by atoms with Crippen LogP contribution in [0.2, 0.25) is 0 Å². The van der Waals surface area contributed by atoms with Crippen molar-refractivity contribution in [2.75, 3.05) is 30.0 Å². The van der Waals surface area contributed by atoms with Crippen molar-refractivity contribution < 1.29 is 18.0 Å². The van der Waals surface area contributed by atoms with Crippen LogP contribution in [0.1, 0.15) is 39.1 Å². The van der Waals surface area contributed by atoms with Gasteiger partial charge in [-0.15, -0.1) is 0 Å². The monoisotopic (exact) mass is 565 g/mol. The van der Waals surface area contributed by atoms with Crippen molar-refractivity contribution in [2.24, 2.45) is 5.92 Å². The van der Waals surface area contributed by atoms with Gasteiger partial charge < -0.3 is 15.5 Å². The molecule has 0 radical (unpaired) electrons. The van der Waals surface area contributed by atoms with Crippen molar-refractivity contribution in [3.8, 4) is 11.1 Å². The summed E-state index contributed by atoms with van der Waals surface area (Å²) in [7, 11) is -3.29. The molecule has 0 unspecified atom stereocenters. The third-order valence-electron chi connectivity index (χ3n) is 7.93. The van der Waals surface area contributed by atoms with E-state index in [1.807, 2.05) is 29.2 Å². The number of likely N-dealkylation sites (tertiary alicyclic amines) is 1. The third kappa shape index (κ3) is 5.74.